The highest BCUT2D eigenvalue weighted by Gasteiger charge is 2.23. The second-order valence-corrected chi connectivity index (χ2v) is 6.20. The van der Waals surface area contributed by atoms with Gasteiger partial charge in [-0.05, 0) is 38.1 Å². The zero-order valence-electron chi connectivity index (χ0n) is 11.9. The van der Waals surface area contributed by atoms with Crippen LogP contribution in [-0.4, -0.2) is 48.2 Å². The van der Waals surface area contributed by atoms with Crippen LogP contribution in [0.25, 0.3) is 0 Å². The topological polar surface area (TPSA) is 52.6 Å². The molecule has 2 aliphatic rings. The van der Waals surface area contributed by atoms with Crippen LogP contribution in [0, 0.1) is 5.92 Å². The molecule has 19 heavy (non-hydrogen) atoms. The molecule has 2 rings (SSSR count). The molecule has 0 amide bonds. The Labute approximate surface area is 116 Å². The van der Waals surface area contributed by atoms with Crippen molar-refractivity contribution < 1.29 is 9.90 Å². The fourth-order valence-corrected chi connectivity index (χ4v) is 3.51. The minimum Gasteiger partial charge on any atom is -0.481 e. The Morgan fingerprint density at radius 1 is 1.16 bits per heavy atom. The number of carboxylic acids is 1. The maximum atomic E-state index is 10.5. The molecular weight excluding hydrogens is 240 g/mol. The minimum absolute atomic E-state index is 0.235. The van der Waals surface area contributed by atoms with Crippen LogP contribution in [0.1, 0.15) is 51.4 Å². The number of nitrogens with zero attached hydrogens (tertiary/aromatic N) is 1. The van der Waals surface area contributed by atoms with E-state index >= 15 is 0 Å². The van der Waals surface area contributed by atoms with Crippen LogP contribution in [0.15, 0.2) is 0 Å². The third-order valence-corrected chi connectivity index (χ3v) is 4.52. The summed E-state index contributed by atoms with van der Waals surface area (Å²) < 4.78 is 0. The zero-order chi connectivity index (χ0) is 13.5. The monoisotopic (exact) mass is 268 g/mol. The summed E-state index contributed by atoms with van der Waals surface area (Å²) in [6, 6.07) is 0.497. The minimum atomic E-state index is -0.706. The fraction of sp³-hybridized carbons (Fsp3) is 0.933. The molecule has 1 aliphatic carbocycles. The zero-order valence-corrected chi connectivity index (χ0v) is 11.9. The molecule has 2 N–H and O–H groups in total. The lowest BCUT2D eigenvalue weighted by Gasteiger charge is -2.36. The van der Waals surface area contributed by atoms with Gasteiger partial charge in [0.05, 0.1) is 6.42 Å². The Hall–Kier alpha value is -0.610. The number of rotatable bonds is 6. The predicted molar refractivity (Wildman–Crippen MR) is 76.3 cm³/mol. The summed E-state index contributed by atoms with van der Waals surface area (Å²) in [6.45, 7) is 4.21. The molecule has 110 valence electrons. The molecule has 1 saturated heterocycles. The molecular formula is C15H28N2O2. The number of likely N-dealkylation sites (tertiary alicyclic amines) is 1. The van der Waals surface area contributed by atoms with E-state index in [9.17, 15) is 4.79 Å². The summed E-state index contributed by atoms with van der Waals surface area (Å²) in [5.41, 5.74) is 0. The first-order valence-corrected chi connectivity index (χ1v) is 7.91. The lowest BCUT2D eigenvalue weighted by molar-refractivity contribution is -0.136. The van der Waals surface area contributed by atoms with Crippen molar-refractivity contribution in [3.05, 3.63) is 0 Å². The quantitative estimate of drug-likeness (QED) is 0.774. The molecule has 0 radical (unpaired) electrons. The van der Waals surface area contributed by atoms with Crippen molar-refractivity contribution in [3.8, 4) is 0 Å². The van der Waals surface area contributed by atoms with E-state index in [1.807, 2.05) is 0 Å². The summed E-state index contributed by atoms with van der Waals surface area (Å²) >= 11 is 0. The number of nitrogens with one attached hydrogen (secondary N) is 1. The molecule has 2 fully saturated rings. The van der Waals surface area contributed by atoms with E-state index < -0.39 is 5.97 Å². The Balaban J connectivity index is 1.66. The van der Waals surface area contributed by atoms with Gasteiger partial charge in [0.15, 0.2) is 0 Å². The van der Waals surface area contributed by atoms with E-state index in [-0.39, 0.29) is 6.42 Å². The van der Waals surface area contributed by atoms with Gasteiger partial charge in [-0.2, -0.15) is 0 Å². The molecule has 4 heteroatoms. The van der Waals surface area contributed by atoms with Crippen LogP contribution in [0.3, 0.4) is 0 Å². The van der Waals surface area contributed by atoms with Gasteiger partial charge < -0.3 is 15.3 Å². The molecule has 1 saturated carbocycles. The average Bonchev–Trinajstić information content (AvgIpc) is 2.40. The summed E-state index contributed by atoms with van der Waals surface area (Å²) in [4.78, 5) is 13.1. The van der Waals surface area contributed by atoms with Crippen LogP contribution in [-0.2, 0) is 4.79 Å². The van der Waals surface area contributed by atoms with Gasteiger partial charge in [0.2, 0.25) is 0 Å². The molecule has 1 heterocycles. The summed E-state index contributed by atoms with van der Waals surface area (Å²) in [5.74, 6) is 0.203. The van der Waals surface area contributed by atoms with Crippen molar-refractivity contribution in [1.82, 2.24) is 10.2 Å². The normalized spacial score (nSPS) is 26.4. The van der Waals surface area contributed by atoms with Crippen LogP contribution < -0.4 is 5.32 Å². The Morgan fingerprint density at radius 3 is 2.68 bits per heavy atom. The van der Waals surface area contributed by atoms with Gasteiger partial charge in [0.1, 0.15) is 0 Å². The second kappa shape index (κ2) is 7.85. The van der Waals surface area contributed by atoms with Gasteiger partial charge in [-0.15, -0.1) is 0 Å². The van der Waals surface area contributed by atoms with Crippen molar-refractivity contribution in [3.63, 3.8) is 0 Å². The molecule has 1 aliphatic heterocycles. The first-order chi connectivity index (χ1) is 9.24. The first kappa shape index (κ1) is 14.8. The lowest BCUT2D eigenvalue weighted by Crippen LogP contribution is -2.47. The van der Waals surface area contributed by atoms with Crippen LogP contribution in [0.2, 0.25) is 0 Å². The first-order valence-electron chi connectivity index (χ1n) is 7.91. The number of piperidine rings is 1. The fourth-order valence-electron chi connectivity index (χ4n) is 3.51. The third-order valence-electron chi connectivity index (χ3n) is 4.52. The number of carbonyl (C=O) groups is 1. The Bertz CT molecular complexity index is 277. The van der Waals surface area contributed by atoms with Crippen molar-refractivity contribution in [2.24, 2.45) is 5.92 Å². The predicted octanol–water partition coefficient (Wildman–Crippen LogP) is 2.10. The largest absolute Gasteiger partial charge is 0.481 e. The van der Waals surface area contributed by atoms with Gasteiger partial charge in [-0.3, -0.25) is 4.79 Å². The molecule has 1 unspecified atom stereocenters. The lowest BCUT2D eigenvalue weighted by atomic mass is 9.88. The van der Waals surface area contributed by atoms with Crippen LogP contribution in [0.5, 0.6) is 0 Å². The Morgan fingerprint density at radius 2 is 1.95 bits per heavy atom. The van der Waals surface area contributed by atoms with Gasteiger partial charge in [-0.25, -0.2) is 0 Å². The number of hydrogen-bond donors (Lipinski definition) is 2. The van der Waals surface area contributed by atoms with Crippen LogP contribution in [0.4, 0.5) is 0 Å². The molecule has 1 atom stereocenters. The van der Waals surface area contributed by atoms with Gasteiger partial charge in [0, 0.05) is 25.7 Å². The maximum Gasteiger partial charge on any atom is 0.304 e. The summed E-state index contributed by atoms with van der Waals surface area (Å²) in [5, 5.41) is 12.1. The van der Waals surface area contributed by atoms with Crippen molar-refractivity contribution in [1.29, 1.82) is 0 Å². The average molecular weight is 268 g/mol. The van der Waals surface area contributed by atoms with E-state index in [0.29, 0.717) is 12.6 Å². The molecule has 0 aromatic heterocycles. The highest BCUT2D eigenvalue weighted by Crippen LogP contribution is 2.25. The number of carboxylic acid groups (broad SMARTS) is 1. The number of aliphatic carboxylic acids is 1. The third kappa shape index (κ3) is 5.49. The number of hydrogen-bond acceptors (Lipinski definition) is 3. The van der Waals surface area contributed by atoms with Crippen LogP contribution >= 0.6 is 0 Å². The summed E-state index contributed by atoms with van der Waals surface area (Å²) in [6.07, 6.45) is 9.76. The van der Waals surface area contributed by atoms with E-state index in [4.69, 9.17) is 5.11 Å². The van der Waals surface area contributed by atoms with E-state index in [2.05, 4.69) is 10.2 Å². The van der Waals surface area contributed by atoms with Gasteiger partial charge in [0.25, 0.3) is 0 Å². The van der Waals surface area contributed by atoms with Crippen molar-refractivity contribution >= 4 is 5.97 Å². The van der Waals surface area contributed by atoms with Gasteiger partial charge in [-0.1, -0.05) is 19.3 Å². The SMILES string of the molecule is O=C(O)CCNC1CCCN(CC2CCCCC2)C1. The van der Waals surface area contributed by atoms with E-state index in [1.165, 1.54) is 58.0 Å². The molecule has 0 aromatic carbocycles. The van der Waals surface area contributed by atoms with Gasteiger partial charge >= 0.3 is 5.97 Å². The molecule has 0 aromatic rings. The maximum absolute atomic E-state index is 10.5. The highest BCUT2D eigenvalue weighted by atomic mass is 16.4. The standard InChI is InChI=1S/C15H28N2O2/c18-15(19)8-9-16-14-7-4-10-17(12-14)11-13-5-2-1-3-6-13/h13-14,16H,1-12H2,(H,18,19). The highest BCUT2D eigenvalue weighted by molar-refractivity contribution is 5.66. The Kier molecular flexibility index (Phi) is 6.11. The van der Waals surface area contributed by atoms with E-state index in [1.54, 1.807) is 0 Å². The second-order valence-electron chi connectivity index (χ2n) is 6.20. The summed E-state index contributed by atoms with van der Waals surface area (Å²) in [7, 11) is 0. The smallest absolute Gasteiger partial charge is 0.304 e. The van der Waals surface area contributed by atoms with E-state index in [0.717, 1.165) is 12.5 Å². The molecule has 0 spiro atoms. The van der Waals surface area contributed by atoms with Crippen molar-refractivity contribution in [2.75, 3.05) is 26.2 Å². The van der Waals surface area contributed by atoms with Crippen molar-refractivity contribution in [2.45, 2.75) is 57.4 Å². The molecule has 0 bridgehead atoms. The molecule has 4 nitrogen and oxygen atoms in total.